The van der Waals surface area contributed by atoms with Gasteiger partial charge in [-0.15, -0.1) is 0 Å². The van der Waals surface area contributed by atoms with Crippen molar-refractivity contribution in [3.8, 4) is 0 Å². The molecule has 1 aromatic heterocycles. The van der Waals surface area contributed by atoms with E-state index in [1.807, 2.05) is 19.1 Å². The van der Waals surface area contributed by atoms with E-state index in [0.29, 0.717) is 32.8 Å². The molecular weight excluding hydrogens is 324 g/mol. The molecule has 1 amide bonds. The summed E-state index contributed by atoms with van der Waals surface area (Å²) >= 11 is 0. The van der Waals surface area contributed by atoms with Crippen molar-refractivity contribution in [3.05, 3.63) is 24.2 Å². The summed E-state index contributed by atoms with van der Waals surface area (Å²) in [6.07, 6.45) is 2.22. The Bertz CT molecular complexity index is 525. The van der Waals surface area contributed by atoms with Gasteiger partial charge in [-0.05, 0) is 19.1 Å². The van der Waals surface area contributed by atoms with Gasteiger partial charge in [-0.2, -0.15) is 0 Å². The van der Waals surface area contributed by atoms with Crippen LogP contribution in [0.15, 0.2) is 27.8 Å². The maximum atomic E-state index is 11.8. The summed E-state index contributed by atoms with van der Waals surface area (Å²) in [5, 5.41) is 3.38. The summed E-state index contributed by atoms with van der Waals surface area (Å²) in [6, 6.07) is 3.85. The lowest BCUT2D eigenvalue weighted by atomic mass is 10.3. The molecule has 0 radical (unpaired) electrons. The van der Waals surface area contributed by atoms with Gasteiger partial charge in [-0.25, -0.2) is 4.79 Å². The fourth-order valence-electron chi connectivity index (χ4n) is 2.58. The number of carbonyl (C=O) groups is 1. The Balaban J connectivity index is 1.85. The standard InChI is InChI=1S/C17H28N4O4/c1-3-24-17(22)21-11-9-20(10-12-21)16(19-8-14-23-2)18-7-6-15-5-4-13-25-15/h4-5,13H,3,6-12,14H2,1-2H3,(H,18,19). The minimum Gasteiger partial charge on any atom is -0.469 e. The van der Waals surface area contributed by atoms with Crippen LogP contribution in [0.4, 0.5) is 4.79 Å². The largest absolute Gasteiger partial charge is 0.469 e. The second-order valence-corrected chi connectivity index (χ2v) is 5.63. The van der Waals surface area contributed by atoms with Gasteiger partial charge in [-0.3, -0.25) is 4.99 Å². The average Bonchev–Trinajstić information content (AvgIpc) is 3.14. The molecule has 1 aliphatic rings. The first-order valence-electron chi connectivity index (χ1n) is 8.71. The molecule has 1 fully saturated rings. The molecule has 0 unspecified atom stereocenters. The highest BCUT2D eigenvalue weighted by molar-refractivity contribution is 5.80. The fourth-order valence-corrected chi connectivity index (χ4v) is 2.58. The molecular formula is C17H28N4O4. The van der Waals surface area contributed by atoms with Gasteiger partial charge in [0, 0.05) is 46.3 Å². The Hall–Kier alpha value is -2.22. The Morgan fingerprint density at radius 3 is 2.72 bits per heavy atom. The van der Waals surface area contributed by atoms with Crippen LogP contribution in [0.5, 0.6) is 0 Å². The zero-order valence-electron chi connectivity index (χ0n) is 15.1. The van der Waals surface area contributed by atoms with Gasteiger partial charge in [0.05, 0.1) is 26.0 Å². The van der Waals surface area contributed by atoms with E-state index in [-0.39, 0.29) is 6.09 Å². The Morgan fingerprint density at radius 2 is 2.08 bits per heavy atom. The number of guanidine groups is 1. The van der Waals surface area contributed by atoms with Crippen LogP contribution in [-0.2, 0) is 15.9 Å². The molecule has 8 nitrogen and oxygen atoms in total. The van der Waals surface area contributed by atoms with Crippen LogP contribution < -0.4 is 5.32 Å². The minimum absolute atomic E-state index is 0.245. The van der Waals surface area contributed by atoms with Crippen molar-refractivity contribution < 1.29 is 18.7 Å². The van der Waals surface area contributed by atoms with E-state index in [2.05, 4.69) is 15.2 Å². The van der Waals surface area contributed by atoms with Crippen molar-refractivity contribution >= 4 is 12.1 Å². The van der Waals surface area contributed by atoms with Crippen LogP contribution in [0.1, 0.15) is 12.7 Å². The van der Waals surface area contributed by atoms with E-state index < -0.39 is 0 Å². The number of nitrogens with zero attached hydrogens (tertiary/aromatic N) is 3. The monoisotopic (exact) mass is 352 g/mol. The topological polar surface area (TPSA) is 79.5 Å². The maximum absolute atomic E-state index is 11.8. The van der Waals surface area contributed by atoms with Crippen molar-refractivity contribution in [1.82, 2.24) is 15.1 Å². The maximum Gasteiger partial charge on any atom is 0.409 e. The van der Waals surface area contributed by atoms with Crippen molar-refractivity contribution in [2.45, 2.75) is 13.3 Å². The molecule has 0 saturated carbocycles. The number of hydrogen-bond donors (Lipinski definition) is 1. The zero-order valence-corrected chi connectivity index (χ0v) is 15.1. The molecule has 0 aromatic carbocycles. The van der Waals surface area contributed by atoms with Crippen LogP contribution in [0.3, 0.4) is 0 Å². The third-order valence-corrected chi connectivity index (χ3v) is 3.90. The molecule has 2 rings (SSSR count). The number of aliphatic imine (C=N–C) groups is 1. The lowest BCUT2D eigenvalue weighted by Crippen LogP contribution is -2.54. The van der Waals surface area contributed by atoms with Crippen molar-refractivity contribution in [3.63, 3.8) is 0 Å². The molecule has 0 aliphatic carbocycles. The number of rotatable bonds is 7. The molecule has 1 N–H and O–H groups in total. The smallest absolute Gasteiger partial charge is 0.409 e. The van der Waals surface area contributed by atoms with Gasteiger partial charge in [0.1, 0.15) is 5.76 Å². The summed E-state index contributed by atoms with van der Waals surface area (Å²) in [6.45, 7) is 6.82. The Kier molecular flexibility index (Phi) is 8.11. The number of nitrogens with one attached hydrogen (secondary N) is 1. The molecule has 0 atom stereocenters. The highest BCUT2D eigenvalue weighted by Crippen LogP contribution is 2.05. The molecule has 2 heterocycles. The average molecular weight is 352 g/mol. The molecule has 0 bridgehead atoms. The number of methoxy groups -OCH3 is 1. The van der Waals surface area contributed by atoms with Crippen LogP contribution in [0, 0.1) is 0 Å². The summed E-state index contributed by atoms with van der Waals surface area (Å²) in [5.41, 5.74) is 0. The normalized spacial score (nSPS) is 15.4. The second kappa shape index (κ2) is 10.6. The van der Waals surface area contributed by atoms with Gasteiger partial charge >= 0.3 is 6.09 Å². The van der Waals surface area contributed by atoms with Crippen molar-refractivity contribution in [1.29, 1.82) is 0 Å². The van der Waals surface area contributed by atoms with E-state index >= 15 is 0 Å². The van der Waals surface area contributed by atoms with Gasteiger partial charge in [0.15, 0.2) is 5.96 Å². The first kappa shape index (κ1) is 19.1. The summed E-state index contributed by atoms with van der Waals surface area (Å²) < 4.78 is 15.5. The summed E-state index contributed by atoms with van der Waals surface area (Å²) in [5.74, 6) is 1.78. The second-order valence-electron chi connectivity index (χ2n) is 5.63. The first-order valence-corrected chi connectivity index (χ1v) is 8.71. The van der Waals surface area contributed by atoms with Crippen LogP contribution in [-0.4, -0.2) is 81.4 Å². The molecule has 1 aliphatic heterocycles. The van der Waals surface area contributed by atoms with E-state index in [1.165, 1.54) is 0 Å². The third kappa shape index (κ3) is 6.30. The Morgan fingerprint density at radius 1 is 1.32 bits per heavy atom. The quantitative estimate of drug-likeness (QED) is 0.451. The molecule has 1 saturated heterocycles. The lowest BCUT2D eigenvalue weighted by molar-refractivity contribution is 0.0914. The SMILES string of the molecule is CCOC(=O)N1CCN(C(=NCCOC)NCCc2ccco2)CC1. The van der Waals surface area contributed by atoms with Gasteiger partial charge in [0.2, 0.25) is 0 Å². The third-order valence-electron chi connectivity index (χ3n) is 3.90. The number of piperazine rings is 1. The lowest BCUT2D eigenvalue weighted by Gasteiger charge is -2.36. The number of carbonyl (C=O) groups excluding carboxylic acids is 1. The number of amides is 1. The molecule has 0 spiro atoms. The predicted octanol–water partition coefficient (Wildman–Crippen LogP) is 1.19. The number of hydrogen-bond acceptors (Lipinski definition) is 5. The highest BCUT2D eigenvalue weighted by Gasteiger charge is 2.23. The van der Waals surface area contributed by atoms with Gasteiger partial charge < -0.3 is 29.0 Å². The number of furan rings is 1. The van der Waals surface area contributed by atoms with E-state index in [4.69, 9.17) is 13.9 Å². The summed E-state index contributed by atoms with van der Waals surface area (Å²) in [4.78, 5) is 20.3. The minimum atomic E-state index is -0.245. The number of ether oxygens (including phenoxy) is 2. The van der Waals surface area contributed by atoms with E-state index in [0.717, 1.165) is 37.8 Å². The van der Waals surface area contributed by atoms with Crippen molar-refractivity contribution in [2.24, 2.45) is 4.99 Å². The predicted molar refractivity (Wildman–Crippen MR) is 94.8 cm³/mol. The highest BCUT2D eigenvalue weighted by atomic mass is 16.6. The van der Waals surface area contributed by atoms with Crippen LogP contribution >= 0.6 is 0 Å². The van der Waals surface area contributed by atoms with Gasteiger partial charge in [0.25, 0.3) is 0 Å². The van der Waals surface area contributed by atoms with Crippen LogP contribution in [0.2, 0.25) is 0 Å². The van der Waals surface area contributed by atoms with Gasteiger partial charge in [-0.1, -0.05) is 0 Å². The molecule has 8 heteroatoms. The van der Waals surface area contributed by atoms with E-state index in [1.54, 1.807) is 18.3 Å². The fraction of sp³-hybridized carbons (Fsp3) is 0.647. The molecule has 140 valence electrons. The Labute approximate surface area is 148 Å². The van der Waals surface area contributed by atoms with Crippen molar-refractivity contribution in [2.75, 3.05) is 59.6 Å². The summed E-state index contributed by atoms with van der Waals surface area (Å²) in [7, 11) is 1.66. The molecule has 25 heavy (non-hydrogen) atoms. The zero-order chi connectivity index (χ0) is 17.9. The van der Waals surface area contributed by atoms with Crippen LogP contribution in [0.25, 0.3) is 0 Å². The first-order chi connectivity index (χ1) is 12.2. The van der Waals surface area contributed by atoms with E-state index in [9.17, 15) is 4.79 Å². The molecule has 1 aromatic rings.